The van der Waals surface area contributed by atoms with Gasteiger partial charge in [0.05, 0.1) is 24.9 Å². The van der Waals surface area contributed by atoms with E-state index in [-0.39, 0.29) is 23.8 Å². The van der Waals surface area contributed by atoms with Crippen molar-refractivity contribution in [2.24, 2.45) is 11.8 Å². The molecule has 2 amide bonds. The van der Waals surface area contributed by atoms with Crippen molar-refractivity contribution in [2.45, 2.75) is 64.6 Å². The second kappa shape index (κ2) is 12.0. The predicted octanol–water partition coefficient (Wildman–Crippen LogP) is 3.31. The highest BCUT2D eigenvalue weighted by Gasteiger charge is 2.33. The Hall–Kier alpha value is -3.34. The molecule has 3 rings (SSSR count). The minimum absolute atomic E-state index is 0.145. The van der Waals surface area contributed by atoms with Gasteiger partial charge in [-0.05, 0) is 49.4 Å². The van der Waals surface area contributed by atoms with E-state index in [1.54, 1.807) is 36.8 Å². The highest BCUT2D eigenvalue weighted by molar-refractivity contribution is 5.95. The highest BCUT2D eigenvalue weighted by atomic mass is 16.5. The summed E-state index contributed by atoms with van der Waals surface area (Å²) in [6.07, 6.45) is 9.31. The van der Waals surface area contributed by atoms with Crippen LogP contribution in [0.5, 0.6) is 5.75 Å². The van der Waals surface area contributed by atoms with Crippen LogP contribution in [0.3, 0.4) is 0 Å². The van der Waals surface area contributed by atoms with Gasteiger partial charge in [0.15, 0.2) is 0 Å². The number of rotatable bonds is 10. The maximum atomic E-state index is 12.9. The molecular formula is C25H33N5O3. The molecule has 33 heavy (non-hydrogen) atoms. The van der Waals surface area contributed by atoms with Crippen molar-refractivity contribution in [2.75, 3.05) is 6.61 Å². The normalized spacial score (nSPS) is 18.8. The number of imidazole rings is 1. The van der Waals surface area contributed by atoms with E-state index >= 15 is 0 Å². The molecule has 0 aliphatic heterocycles. The first kappa shape index (κ1) is 24.3. The molecule has 1 aliphatic carbocycles. The Labute approximate surface area is 195 Å². The number of nitrogens with zero attached hydrogens (tertiary/aromatic N) is 3. The number of benzene rings is 1. The van der Waals surface area contributed by atoms with Crippen LogP contribution in [-0.4, -0.2) is 40.1 Å². The summed E-state index contributed by atoms with van der Waals surface area (Å²) in [5, 5.41) is 15.3. The fourth-order valence-electron chi connectivity index (χ4n) is 4.15. The number of hydrogen-bond acceptors (Lipinski definition) is 5. The van der Waals surface area contributed by atoms with Crippen molar-refractivity contribution >= 4 is 11.8 Å². The molecule has 3 atom stereocenters. The second-order valence-corrected chi connectivity index (χ2v) is 8.96. The smallest absolute Gasteiger partial charge is 0.251 e. The summed E-state index contributed by atoms with van der Waals surface area (Å²) in [7, 11) is 0. The summed E-state index contributed by atoms with van der Waals surface area (Å²) in [5.41, 5.74) is 0.524. The number of carbonyl (C=O) groups is 2. The zero-order valence-electron chi connectivity index (χ0n) is 19.4. The molecule has 1 aromatic carbocycles. The summed E-state index contributed by atoms with van der Waals surface area (Å²) in [5.74, 6) is 0.331. The Bertz CT molecular complexity index is 934. The van der Waals surface area contributed by atoms with Gasteiger partial charge in [-0.1, -0.05) is 26.7 Å². The lowest BCUT2D eigenvalue weighted by atomic mass is 9.83. The van der Waals surface area contributed by atoms with E-state index < -0.39 is 6.04 Å². The van der Waals surface area contributed by atoms with Crippen LogP contribution in [0.1, 0.15) is 56.3 Å². The molecule has 0 unspecified atom stereocenters. The van der Waals surface area contributed by atoms with Gasteiger partial charge in [-0.3, -0.25) is 9.59 Å². The molecule has 2 N–H and O–H groups in total. The summed E-state index contributed by atoms with van der Waals surface area (Å²) in [4.78, 5) is 29.7. The van der Waals surface area contributed by atoms with Crippen LogP contribution >= 0.6 is 0 Å². The lowest BCUT2D eigenvalue weighted by molar-refractivity contribution is -0.127. The first-order chi connectivity index (χ1) is 16.0. The van der Waals surface area contributed by atoms with Crippen molar-refractivity contribution in [1.29, 1.82) is 5.26 Å². The topological polar surface area (TPSA) is 109 Å². The Morgan fingerprint density at radius 3 is 2.67 bits per heavy atom. The molecule has 0 saturated heterocycles. The van der Waals surface area contributed by atoms with Gasteiger partial charge < -0.3 is 19.9 Å². The molecule has 0 spiro atoms. The van der Waals surface area contributed by atoms with Crippen LogP contribution in [0.2, 0.25) is 0 Å². The molecule has 1 heterocycles. The van der Waals surface area contributed by atoms with Crippen LogP contribution in [0.15, 0.2) is 43.0 Å². The predicted molar refractivity (Wildman–Crippen MR) is 124 cm³/mol. The monoisotopic (exact) mass is 451 g/mol. The fraction of sp³-hybridized carbons (Fsp3) is 0.520. The van der Waals surface area contributed by atoms with Gasteiger partial charge in [0.2, 0.25) is 5.91 Å². The van der Waals surface area contributed by atoms with Crippen molar-refractivity contribution in [3.05, 3.63) is 48.5 Å². The van der Waals surface area contributed by atoms with E-state index in [0.717, 1.165) is 19.3 Å². The third-order valence-electron chi connectivity index (χ3n) is 5.89. The quantitative estimate of drug-likeness (QED) is 0.576. The summed E-state index contributed by atoms with van der Waals surface area (Å²) < 4.78 is 7.66. The number of amides is 2. The van der Waals surface area contributed by atoms with E-state index in [0.29, 0.717) is 43.2 Å². The lowest BCUT2D eigenvalue weighted by Crippen LogP contribution is -2.50. The average Bonchev–Trinajstić information content (AvgIpc) is 3.32. The molecular weight excluding hydrogens is 418 g/mol. The van der Waals surface area contributed by atoms with Crippen LogP contribution in [0.4, 0.5) is 0 Å². The first-order valence-electron chi connectivity index (χ1n) is 11.7. The van der Waals surface area contributed by atoms with Crippen molar-refractivity contribution in [1.82, 2.24) is 20.2 Å². The summed E-state index contributed by atoms with van der Waals surface area (Å²) in [6, 6.07) is 8.44. The van der Waals surface area contributed by atoms with Gasteiger partial charge in [0.25, 0.3) is 5.91 Å². The molecule has 1 fully saturated rings. The number of hydrogen-bond donors (Lipinski definition) is 2. The standard InChI is InChI=1S/C25H33N5O3/c1-18(2)15-20(16-26)28-25(32)22-5-3-4-6-23(22)29-24(31)19-7-9-21(10-8-19)33-14-13-30-12-11-27-17-30/h7-12,17-18,20,22-23H,3-6,13-15H2,1-2H3,(H,28,32)(H,29,31)/t20-,22+,23-/m0/s1. The minimum atomic E-state index is -0.503. The van der Waals surface area contributed by atoms with Crippen molar-refractivity contribution in [3.8, 4) is 11.8 Å². The molecule has 2 aromatic rings. The largest absolute Gasteiger partial charge is 0.492 e. The van der Waals surface area contributed by atoms with E-state index in [2.05, 4.69) is 21.7 Å². The zero-order chi connectivity index (χ0) is 23.6. The molecule has 0 radical (unpaired) electrons. The van der Waals surface area contributed by atoms with Gasteiger partial charge in [-0.15, -0.1) is 0 Å². The van der Waals surface area contributed by atoms with Crippen molar-refractivity contribution < 1.29 is 14.3 Å². The summed E-state index contributed by atoms with van der Waals surface area (Å²) >= 11 is 0. The Morgan fingerprint density at radius 1 is 1.24 bits per heavy atom. The molecule has 0 bridgehead atoms. The minimum Gasteiger partial charge on any atom is -0.492 e. The van der Waals surface area contributed by atoms with Gasteiger partial charge >= 0.3 is 0 Å². The van der Waals surface area contributed by atoms with E-state index in [9.17, 15) is 14.9 Å². The number of ether oxygens (including phenoxy) is 1. The SMILES string of the molecule is CC(C)C[C@@H](C#N)NC(=O)[C@@H]1CCCC[C@@H]1NC(=O)c1ccc(OCCn2ccnc2)cc1. The maximum absolute atomic E-state index is 12.9. The Morgan fingerprint density at radius 2 is 2.00 bits per heavy atom. The molecule has 8 heteroatoms. The zero-order valence-corrected chi connectivity index (χ0v) is 19.4. The lowest BCUT2D eigenvalue weighted by Gasteiger charge is -2.32. The van der Waals surface area contributed by atoms with E-state index in [1.165, 1.54) is 0 Å². The summed E-state index contributed by atoms with van der Waals surface area (Å²) in [6.45, 7) is 5.24. The molecule has 8 nitrogen and oxygen atoms in total. The third kappa shape index (κ3) is 7.35. The fourth-order valence-corrected chi connectivity index (χ4v) is 4.15. The van der Waals surface area contributed by atoms with Crippen LogP contribution in [0, 0.1) is 23.2 Å². The second-order valence-electron chi connectivity index (χ2n) is 8.96. The highest BCUT2D eigenvalue weighted by Crippen LogP contribution is 2.25. The van der Waals surface area contributed by atoms with Gasteiger partial charge in [-0.2, -0.15) is 5.26 Å². The number of nitrogens with one attached hydrogen (secondary N) is 2. The van der Waals surface area contributed by atoms with Gasteiger partial charge in [-0.25, -0.2) is 4.98 Å². The number of carbonyl (C=O) groups excluding carboxylic acids is 2. The Kier molecular flexibility index (Phi) is 8.87. The Balaban J connectivity index is 1.53. The van der Waals surface area contributed by atoms with E-state index in [1.807, 2.05) is 24.6 Å². The number of aromatic nitrogens is 2. The molecule has 1 saturated carbocycles. The van der Waals surface area contributed by atoms with E-state index in [4.69, 9.17) is 4.74 Å². The molecule has 176 valence electrons. The van der Waals surface area contributed by atoms with Gasteiger partial charge in [0.1, 0.15) is 18.4 Å². The van der Waals surface area contributed by atoms with Crippen molar-refractivity contribution in [3.63, 3.8) is 0 Å². The number of nitriles is 1. The van der Waals surface area contributed by atoms with Crippen LogP contribution in [0.25, 0.3) is 0 Å². The average molecular weight is 452 g/mol. The first-order valence-corrected chi connectivity index (χ1v) is 11.7. The van der Waals surface area contributed by atoms with Gasteiger partial charge in [0, 0.05) is 24.0 Å². The van der Waals surface area contributed by atoms with Crippen LogP contribution < -0.4 is 15.4 Å². The third-order valence-corrected chi connectivity index (χ3v) is 5.89. The molecule has 1 aromatic heterocycles. The molecule has 1 aliphatic rings. The van der Waals surface area contributed by atoms with Crippen LogP contribution in [-0.2, 0) is 11.3 Å². The maximum Gasteiger partial charge on any atom is 0.251 e.